The Morgan fingerprint density at radius 3 is 2.87 bits per heavy atom. The molecular formula is C10H8BrFN2O. The van der Waals surface area contributed by atoms with E-state index in [1.807, 2.05) is 0 Å². The summed E-state index contributed by atoms with van der Waals surface area (Å²) >= 11 is 3.30. The van der Waals surface area contributed by atoms with Gasteiger partial charge in [0.25, 0.3) is 5.91 Å². The lowest BCUT2D eigenvalue weighted by Crippen LogP contribution is -2.17. The number of H-pyrrole nitrogens is 1. The second-order valence-electron chi connectivity index (χ2n) is 3.08. The Labute approximate surface area is 93.8 Å². The van der Waals surface area contributed by atoms with Crippen LogP contribution in [0.4, 0.5) is 4.39 Å². The van der Waals surface area contributed by atoms with E-state index in [1.54, 1.807) is 12.1 Å². The van der Waals surface area contributed by atoms with E-state index in [1.165, 1.54) is 13.1 Å². The van der Waals surface area contributed by atoms with Gasteiger partial charge < -0.3 is 10.3 Å². The second kappa shape index (κ2) is 3.66. The summed E-state index contributed by atoms with van der Waals surface area (Å²) in [7, 11) is 1.53. The average molecular weight is 271 g/mol. The van der Waals surface area contributed by atoms with Gasteiger partial charge in [-0.15, -0.1) is 0 Å². The molecule has 78 valence electrons. The number of aromatic nitrogens is 1. The van der Waals surface area contributed by atoms with Crippen molar-refractivity contribution in [3.63, 3.8) is 0 Å². The van der Waals surface area contributed by atoms with E-state index in [9.17, 15) is 9.18 Å². The third-order valence-electron chi connectivity index (χ3n) is 2.16. The predicted octanol–water partition coefficient (Wildman–Crippen LogP) is 2.43. The molecule has 0 saturated heterocycles. The number of carbonyl (C=O) groups is 1. The number of aromatic amines is 1. The summed E-state index contributed by atoms with van der Waals surface area (Å²) in [6, 6.07) is 4.57. The fourth-order valence-electron chi connectivity index (χ4n) is 1.41. The van der Waals surface area contributed by atoms with E-state index in [2.05, 4.69) is 26.2 Å². The molecule has 15 heavy (non-hydrogen) atoms. The molecule has 3 nitrogen and oxygen atoms in total. The first-order chi connectivity index (χ1) is 7.13. The Kier molecular flexibility index (Phi) is 2.48. The predicted molar refractivity (Wildman–Crippen MR) is 59.3 cm³/mol. The van der Waals surface area contributed by atoms with Crippen molar-refractivity contribution < 1.29 is 9.18 Å². The van der Waals surface area contributed by atoms with Crippen LogP contribution in [-0.2, 0) is 0 Å². The molecule has 2 N–H and O–H groups in total. The van der Waals surface area contributed by atoms with Crippen LogP contribution < -0.4 is 5.32 Å². The molecule has 1 heterocycles. The lowest BCUT2D eigenvalue weighted by Gasteiger charge is -1.94. The van der Waals surface area contributed by atoms with Crippen molar-refractivity contribution in [2.75, 3.05) is 7.05 Å². The third kappa shape index (κ3) is 1.63. The van der Waals surface area contributed by atoms with E-state index in [0.29, 0.717) is 16.6 Å². The number of fused-ring (bicyclic) bond motifs is 1. The summed E-state index contributed by atoms with van der Waals surface area (Å²) < 4.78 is 14.1. The molecule has 1 amide bonds. The normalized spacial score (nSPS) is 10.6. The van der Waals surface area contributed by atoms with Gasteiger partial charge in [0.15, 0.2) is 0 Å². The molecule has 0 spiro atoms. The van der Waals surface area contributed by atoms with E-state index in [0.717, 1.165) is 4.47 Å². The van der Waals surface area contributed by atoms with Crippen LogP contribution in [0.1, 0.15) is 10.5 Å². The topological polar surface area (TPSA) is 44.9 Å². The monoisotopic (exact) mass is 270 g/mol. The van der Waals surface area contributed by atoms with Crippen LogP contribution >= 0.6 is 15.9 Å². The molecule has 0 aliphatic rings. The maximum atomic E-state index is 13.4. The van der Waals surface area contributed by atoms with Gasteiger partial charge >= 0.3 is 0 Å². The largest absolute Gasteiger partial charge is 0.354 e. The van der Waals surface area contributed by atoms with Crippen LogP contribution in [0.25, 0.3) is 10.9 Å². The number of hydrogen-bond acceptors (Lipinski definition) is 1. The first-order valence-corrected chi connectivity index (χ1v) is 5.11. The fraction of sp³-hybridized carbons (Fsp3) is 0.100. The van der Waals surface area contributed by atoms with Gasteiger partial charge in [-0.2, -0.15) is 0 Å². The van der Waals surface area contributed by atoms with Crippen molar-refractivity contribution >= 4 is 32.7 Å². The maximum Gasteiger partial charge on any atom is 0.267 e. The highest BCUT2D eigenvalue weighted by Gasteiger charge is 2.12. The van der Waals surface area contributed by atoms with Crippen LogP contribution in [0.15, 0.2) is 22.7 Å². The minimum absolute atomic E-state index is 0.266. The number of carbonyl (C=O) groups excluding carboxylic acids is 1. The lowest BCUT2D eigenvalue weighted by atomic mass is 10.2. The van der Waals surface area contributed by atoms with Gasteiger partial charge in [-0.1, -0.05) is 15.9 Å². The summed E-state index contributed by atoms with van der Waals surface area (Å²) in [6.07, 6.45) is 0. The van der Waals surface area contributed by atoms with Crippen LogP contribution in [-0.4, -0.2) is 17.9 Å². The number of amides is 1. The van der Waals surface area contributed by atoms with Gasteiger partial charge in [0, 0.05) is 16.9 Å². The first kappa shape index (κ1) is 10.2. The molecule has 2 aromatic rings. The zero-order valence-corrected chi connectivity index (χ0v) is 9.48. The number of rotatable bonds is 1. The molecule has 0 unspecified atom stereocenters. The average Bonchev–Trinajstić information content (AvgIpc) is 2.68. The molecule has 0 atom stereocenters. The highest BCUT2D eigenvalue weighted by Crippen LogP contribution is 2.26. The molecule has 0 bridgehead atoms. The standard InChI is InChI=1S/C10H8BrFN2O/c1-13-10(15)8-4-5-6(11)2-3-7(12)9(5)14-8/h2-4,14H,1H3,(H,13,15). The summed E-state index contributed by atoms with van der Waals surface area (Å²) in [4.78, 5) is 14.1. The molecule has 1 aromatic carbocycles. The van der Waals surface area contributed by atoms with Crippen LogP contribution in [0.2, 0.25) is 0 Å². The quantitative estimate of drug-likeness (QED) is 0.822. The summed E-state index contributed by atoms with van der Waals surface area (Å²) in [6.45, 7) is 0. The smallest absolute Gasteiger partial charge is 0.267 e. The van der Waals surface area contributed by atoms with Crippen molar-refractivity contribution in [2.45, 2.75) is 0 Å². The summed E-state index contributed by atoms with van der Waals surface area (Å²) in [5.41, 5.74) is 0.682. The first-order valence-electron chi connectivity index (χ1n) is 4.32. The van der Waals surface area contributed by atoms with Gasteiger partial charge in [-0.25, -0.2) is 4.39 Å². The van der Waals surface area contributed by atoms with Gasteiger partial charge in [0.05, 0.1) is 5.52 Å². The fourth-order valence-corrected chi connectivity index (χ4v) is 1.85. The van der Waals surface area contributed by atoms with Gasteiger partial charge in [-0.3, -0.25) is 4.79 Å². The molecule has 1 aromatic heterocycles. The van der Waals surface area contributed by atoms with E-state index in [4.69, 9.17) is 0 Å². The van der Waals surface area contributed by atoms with Gasteiger partial charge in [-0.05, 0) is 18.2 Å². The zero-order valence-electron chi connectivity index (χ0n) is 7.90. The number of nitrogens with one attached hydrogen (secondary N) is 2. The number of hydrogen-bond donors (Lipinski definition) is 2. The highest BCUT2D eigenvalue weighted by atomic mass is 79.9. The van der Waals surface area contributed by atoms with Crippen LogP contribution in [0, 0.1) is 5.82 Å². The summed E-state index contributed by atoms with van der Waals surface area (Å²) in [5.74, 6) is -0.638. The molecule has 0 radical (unpaired) electrons. The Morgan fingerprint density at radius 2 is 2.27 bits per heavy atom. The maximum absolute atomic E-state index is 13.4. The van der Waals surface area contributed by atoms with Crippen molar-refractivity contribution in [3.8, 4) is 0 Å². The molecule has 0 fully saturated rings. The van der Waals surface area contributed by atoms with Gasteiger partial charge in [0.1, 0.15) is 11.5 Å². The van der Waals surface area contributed by atoms with Crippen molar-refractivity contribution in [3.05, 3.63) is 34.2 Å². The lowest BCUT2D eigenvalue weighted by molar-refractivity contribution is 0.0959. The second-order valence-corrected chi connectivity index (χ2v) is 3.93. The molecule has 0 aliphatic carbocycles. The van der Waals surface area contributed by atoms with Crippen LogP contribution in [0.3, 0.4) is 0 Å². The molecular weight excluding hydrogens is 263 g/mol. The Morgan fingerprint density at radius 1 is 1.53 bits per heavy atom. The molecule has 5 heteroatoms. The Balaban J connectivity index is 2.70. The van der Waals surface area contributed by atoms with Crippen LogP contribution in [0.5, 0.6) is 0 Å². The Hall–Kier alpha value is -1.36. The third-order valence-corrected chi connectivity index (χ3v) is 2.85. The SMILES string of the molecule is CNC(=O)c1cc2c(Br)ccc(F)c2[nH]1. The van der Waals surface area contributed by atoms with E-state index in [-0.39, 0.29) is 11.7 Å². The molecule has 0 saturated carbocycles. The Bertz CT molecular complexity index is 496. The minimum Gasteiger partial charge on any atom is -0.354 e. The highest BCUT2D eigenvalue weighted by molar-refractivity contribution is 9.10. The number of benzene rings is 1. The molecule has 2 rings (SSSR count). The zero-order chi connectivity index (χ0) is 11.0. The van der Waals surface area contributed by atoms with E-state index < -0.39 is 0 Å². The number of halogens is 2. The van der Waals surface area contributed by atoms with Crippen molar-refractivity contribution in [2.24, 2.45) is 0 Å². The summed E-state index contributed by atoms with van der Waals surface area (Å²) in [5, 5.41) is 3.13. The van der Waals surface area contributed by atoms with Crippen molar-refractivity contribution in [1.82, 2.24) is 10.3 Å². The van der Waals surface area contributed by atoms with E-state index >= 15 is 0 Å². The van der Waals surface area contributed by atoms with Crippen molar-refractivity contribution in [1.29, 1.82) is 0 Å². The van der Waals surface area contributed by atoms with Gasteiger partial charge in [0.2, 0.25) is 0 Å². The molecule has 0 aliphatic heterocycles. The minimum atomic E-state index is -0.372.